The monoisotopic (exact) mass is 243 g/mol. The lowest BCUT2D eigenvalue weighted by Crippen LogP contribution is -1.98. The van der Waals surface area contributed by atoms with Crippen molar-refractivity contribution in [3.8, 4) is 5.75 Å². The van der Waals surface area contributed by atoms with E-state index in [1.807, 2.05) is 0 Å². The highest BCUT2D eigenvalue weighted by atomic mass is 19.1. The van der Waals surface area contributed by atoms with Gasteiger partial charge in [-0.3, -0.25) is 14.9 Å². The van der Waals surface area contributed by atoms with Crippen molar-refractivity contribution in [1.29, 1.82) is 0 Å². The van der Waals surface area contributed by atoms with Crippen molar-refractivity contribution in [3.05, 3.63) is 33.6 Å². The van der Waals surface area contributed by atoms with Gasteiger partial charge in [0.2, 0.25) is 0 Å². The summed E-state index contributed by atoms with van der Waals surface area (Å²) in [6.45, 7) is 0. The van der Waals surface area contributed by atoms with Crippen molar-refractivity contribution in [3.63, 3.8) is 0 Å². The van der Waals surface area contributed by atoms with Crippen LogP contribution in [0.1, 0.15) is 18.4 Å². The molecule has 0 radical (unpaired) electrons. The van der Waals surface area contributed by atoms with E-state index in [2.05, 4.69) is 0 Å². The maximum atomic E-state index is 13.0. The van der Waals surface area contributed by atoms with Crippen LogP contribution in [0.2, 0.25) is 0 Å². The lowest BCUT2D eigenvalue weighted by molar-refractivity contribution is -0.386. The van der Waals surface area contributed by atoms with Gasteiger partial charge >= 0.3 is 11.7 Å². The Bertz CT molecular complexity index is 460. The van der Waals surface area contributed by atoms with Gasteiger partial charge in [-0.15, -0.1) is 0 Å². The van der Waals surface area contributed by atoms with Crippen molar-refractivity contribution in [2.45, 2.75) is 19.3 Å². The van der Waals surface area contributed by atoms with Gasteiger partial charge in [0, 0.05) is 12.0 Å². The molecule has 0 atom stereocenters. The standard InChI is InChI=1S/C10H10FNO5/c11-7-4-6(2-1-3-9(13)14)10(15)8(5-7)12(16)17/h4-5,15H,1-3H2,(H,13,14). The number of nitrogens with zero attached hydrogens (tertiary/aromatic N) is 1. The number of aryl methyl sites for hydroxylation is 1. The zero-order valence-electron chi connectivity index (χ0n) is 8.72. The van der Waals surface area contributed by atoms with E-state index >= 15 is 0 Å². The number of hydrogen-bond donors (Lipinski definition) is 2. The van der Waals surface area contributed by atoms with Crippen LogP contribution in [0.5, 0.6) is 5.75 Å². The largest absolute Gasteiger partial charge is 0.502 e. The zero-order valence-corrected chi connectivity index (χ0v) is 8.72. The minimum atomic E-state index is -1.02. The molecule has 0 saturated carbocycles. The second-order valence-corrected chi connectivity index (χ2v) is 3.44. The maximum absolute atomic E-state index is 13.0. The number of rotatable bonds is 5. The molecule has 0 unspecified atom stereocenters. The summed E-state index contributed by atoms with van der Waals surface area (Å²) in [6.07, 6.45) is 0.0873. The highest BCUT2D eigenvalue weighted by molar-refractivity contribution is 5.66. The lowest BCUT2D eigenvalue weighted by Gasteiger charge is -2.04. The number of nitro benzene ring substituents is 1. The molecule has 1 rings (SSSR count). The average molecular weight is 243 g/mol. The van der Waals surface area contributed by atoms with Crippen LogP contribution in [0, 0.1) is 15.9 Å². The number of aromatic hydroxyl groups is 1. The number of aliphatic carboxylic acids is 1. The highest BCUT2D eigenvalue weighted by Gasteiger charge is 2.19. The minimum Gasteiger partial charge on any atom is -0.502 e. The van der Waals surface area contributed by atoms with E-state index < -0.39 is 28.1 Å². The number of phenolic OH excluding ortho intramolecular Hbond substituents is 1. The van der Waals surface area contributed by atoms with E-state index in [4.69, 9.17) is 5.11 Å². The van der Waals surface area contributed by atoms with Gasteiger partial charge in [0.15, 0.2) is 5.75 Å². The Labute approximate surface area is 95.5 Å². The quantitative estimate of drug-likeness (QED) is 0.607. The summed E-state index contributed by atoms with van der Waals surface area (Å²) in [5, 5.41) is 28.4. The fraction of sp³-hybridized carbons (Fsp3) is 0.300. The number of carbonyl (C=O) groups is 1. The Morgan fingerprint density at radius 1 is 1.47 bits per heavy atom. The Balaban J connectivity index is 2.91. The number of phenols is 1. The molecule has 17 heavy (non-hydrogen) atoms. The second-order valence-electron chi connectivity index (χ2n) is 3.44. The minimum absolute atomic E-state index is 0.0398. The van der Waals surface area contributed by atoms with Crippen LogP contribution < -0.4 is 0 Å². The summed E-state index contributed by atoms with van der Waals surface area (Å²) in [5.74, 6) is -2.46. The Morgan fingerprint density at radius 3 is 2.65 bits per heavy atom. The van der Waals surface area contributed by atoms with E-state index in [9.17, 15) is 24.4 Å². The fourth-order valence-electron chi connectivity index (χ4n) is 1.40. The molecule has 7 heteroatoms. The number of halogens is 1. The molecule has 2 N–H and O–H groups in total. The predicted octanol–water partition coefficient (Wildman–Crippen LogP) is 1.85. The van der Waals surface area contributed by atoms with E-state index in [-0.39, 0.29) is 24.8 Å². The van der Waals surface area contributed by atoms with Crippen LogP contribution in [-0.4, -0.2) is 21.1 Å². The van der Waals surface area contributed by atoms with E-state index in [0.29, 0.717) is 6.07 Å². The highest BCUT2D eigenvalue weighted by Crippen LogP contribution is 2.31. The zero-order chi connectivity index (χ0) is 13.0. The third kappa shape index (κ3) is 3.40. The van der Waals surface area contributed by atoms with Gasteiger partial charge < -0.3 is 10.2 Å². The Hall–Kier alpha value is -2.18. The van der Waals surface area contributed by atoms with Gasteiger partial charge in [0.1, 0.15) is 5.82 Å². The van der Waals surface area contributed by atoms with Crippen LogP contribution in [0.15, 0.2) is 12.1 Å². The van der Waals surface area contributed by atoms with Gasteiger partial charge in [-0.05, 0) is 18.9 Å². The number of hydrogen-bond acceptors (Lipinski definition) is 4. The molecule has 92 valence electrons. The fourth-order valence-corrected chi connectivity index (χ4v) is 1.40. The molecule has 1 aromatic rings. The van der Waals surface area contributed by atoms with Crippen LogP contribution in [-0.2, 0) is 11.2 Å². The molecular formula is C10H10FNO5. The van der Waals surface area contributed by atoms with Gasteiger partial charge in [-0.25, -0.2) is 4.39 Å². The number of carboxylic acid groups (broad SMARTS) is 1. The van der Waals surface area contributed by atoms with Gasteiger partial charge in [0.05, 0.1) is 11.0 Å². The van der Waals surface area contributed by atoms with E-state index in [1.165, 1.54) is 0 Å². The molecule has 0 saturated heterocycles. The summed E-state index contributed by atoms with van der Waals surface area (Å²) in [5.41, 5.74) is -0.673. The molecule has 0 aromatic heterocycles. The SMILES string of the molecule is O=C(O)CCCc1cc(F)cc([N+](=O)[O-])c1O. The molecule has 0 heterocycles. The lowest BCUT2D eigenvalue weighted by atomic mass is 10.1. The average Bonchev–Trinajstić information content (AvgIpc) is 2.21. The molecule has 0 spiro atoms. The van der Waals surface area contributed by atoms with Crippen LogP contribution in [0.4, 0.5) is 10.1 Å². The van der Waals surface area contributed by atoms with Crippen molar-refractivity contribution in [2.75, 3.05) is 0 Å². The first-order valence-corrected chi connectivity index (χ1v) is 4.79. The molecule has 0 fully saturated rings. The summed E-state index contributed by atoms with van der Waals surface area (Å²) >= 11 is 0. The van der Waals surface area contributed by atoms with Crippen molar-refractivity contribution in [2.24, 2.45) is 0 Å². The number of carboxylic acids is 1. The molecule has 0 aliphatic carbocycles. The van der Waals surface area contributed by atoms with Crippen LogP contribution >= 0.6 is 0 Å². The summed E-state index contributed by atoms with van der Waals surface area (Å²) in [4.78, 5) is 19.9. The first-order valence-electron chi connectivity index (χ1n) is 4.79. The van der Waals surface area contributed by atoms with E-state index in [0.717, 1.165) is 6.07 Å². The topological polar surface area (TPSA) is 101 Å². The smallest absolute Gasteiger partial charge is 0.313 e. The summed E-state index contributed by atoms with van der Waals surface area (Å²) in [6, 6.07) is 1.58. The normalized spacial score (nSPS) is 10.2. The Morgan fingerprint density at radius 2 is 2.12 bits per heavy atom. The van der Waals surface area contributed by atoms with Gasteiger partial charge in [-0.2, -0.15) is 0 Å². The van der Waals surface area contributed by atoms with Crippen molar-refractivity contribution >= 4 is 11.7 Å². The molecule has 0 bridgehead atoms. The van der Waals surface area contributed by atoms with Gasteiger partial charge in [0.25, 0.3) is 0 Å². The summed E-state index contributed by atoms with van der Waals surface area (Å²) < 4.78 is 13.0. The first kappa shape index (κ1) is 12.9. The summed E-state index contributed by atoms with van der Waals surface area (Å²) in [7, 11) is 0. The second kappa shape index (κ2) is 5.24. The Kier molecular flexibility index (Phi) is 3.97. The van der Waals surface area contributed by atoms with Crippen LogP contribution in [0.25, 0.3) is 0 Å². The van der Waals surface area contributed by atoms with Gasteiger partial charge in [-0.1, -0.05) is 0 Å². The third-order valence-electron chi connectivity index (χ3n) is 2.17. The van der Waals surface area contributed by atoms with Crippen LogP contribution in [0.3, 0.4) is 0 Å². The number of benzene rings is 1. The maximum Gasteiger partial charge on any atom is 0.313 e. The van der Waals surface area contributed by atoms with Crippen molar-refractivity contribution < 1.29 is 24.3 Å². The molecule has 1 aromatic carbocycles. The number of nitro groups is 1. The molecule has 0 aliphatic heterocycles. The molecule has 0 aliphatic rings. The molecular weight excluding hydrogens is 233 g/mol. The van der Waals surface area contributed by atoms with E-state index in [1.54, 1.807) is 0 Å². The first-order chi connectivity index (χ1) is 7.91. The third-order valence-corrected chi connectivity index (χ3v) is 2.17. The predicted molar refractivity (Wildman–Crippen MR) is 55.3 cm³/mol. The molecule has 0 amide bonds. The van der Waals surface area contributed by atoms with Crippen molar-refractivity contribution in [1.82, 2.24) is 0 Å². The molecule has 6 nitrogen and oxygen atoms in total.